The molecule has 7 heteroatoms. The van der Waals surface area contributed by atoms with E-state index in [9.17, 15) is 14.7 Å². The molecule has 0 saturated carbocycles. The molecule has 0 fully saturated rings. The van der Waals surface area contributed by atoms with Crippen molar-refractivity contribution in [3.63, 3.8) is 0 Å². The van der Waals surface area contributed by atoms with Crippen molar-refractivity contribution >= 4 is 18.0 Å². The van der Waals surface area contributed by atoms with E-state index >= 15 is 0 Å². The molecule has 1 heterocycles. The van der Waals surface area contributed by atoms with E-state index in [1.165, 1.54) is 0 Å². The van der Waals surface area contributed by atoms with Crippen LogP contribution in [0.3, 0.4) is 0 Å². The first-order valence-corrected chi connectivity index (χ1v) is 7.74. The lowest BCUT2D eigenvalue weighted by Gasteiger charge is -2.40. The molecule has 3 atom stereocenters. The first-order chi connectivity index (χ1) is 10.6. The summed E-state index contributed by atoms with van der Waals surface area (Å²) in [7, 11) is 0. The number of nitrogens with one attached hydrogen (secondary N) is 1. The summed E-state index contributed by atoms with van der Waals surface area (Å²) in [6.45, 7) is 9.00. The van der Waals surface area contributed by atoms with Gasteiger partial charge in [0.2, 0.25) is 0 Å². The molecule has 0 radical (unpaired) electrons. The first-order valence-electron chi connectivity index (χ1n) is 7.74. The molecule has 128 valence electrons. The zero-order valence-electron chi connectivity index (χ0n) is 14.2. The number of amides is 1. The summed E-state index contributed by atoms with van der Waals surface area (Å²) in [5.74, 6) is -0.519. The highest BCUT2D eigenvalue weighted by atomic mass is 16.6. The number of carbonyl (C=O) groups excluding carboxylic acids is 1. The largest absolute Gasteiger partial charge is 0.478 e. The number of fused-ring (bicyclic) bond motifs is 1. The van der Waals surface area contributed by atoms with Gasteiger partial charge in [0, 0.05) is 18.9 Å². The van der Waals surface area contributed by atoms with Crippen LogP contribution in [0.2, 0.25) is 0 Å². The number of nitrogens with zero attached hydrogens (tertiary/aromatic N) is 1. The number of carboxylic acid groups (broad SMARTS) is 1. The van der Waals surface area contributed by atoms with Gasteiger partial charge in [-0.3, -0.25) is 0 Å². The number of rotatable bonds is 3. The maximum absolute atomic E-state index is 12.1. The Hall–Kier alpha value is -2.05. The van der Waals surface area contributed by atoms with E-state index < -0.39 is 35.3 Å². The number of aliphatic carboxylic acids is 1. The van der Waals surface area contributed by atoms with Crippen molar-refractivity contribution in [2.75, 3.05) is 0 Å². The lowest BCUT2D eigenvalue weighted by Crippen LogP contribution is -2.58. The van der Waals surface area contributed by atoms with Gasteiger partial charge in [0.15, 0.2) is 5.90 Å². The summed E-state index contributed by atoms with van der Waals surface area (Å²) in [6, 6.07) is -0.499. The Morgan fingerprint density at radius 2 is 2.17 bits per heavy atom. The Labute approximate surface area is 135 Å². The van der Waals surface area contributed by atoms with Crippen molar-refractivity contribution in [2.45, 2.75) is 70.7 Å². The topological polar surface area (TPSA) is 97.2 Å². The fourth-order valence-electron chi connectivity index (χ4n) is 3.08. The third kappa shape index (κ3) is 3.48. The van der Waals surface area contributed by atoms with Crippen molar-refractivity contribution in [3.05, 3.63) is 11.6 Å². The van der Waals surface area contributed by atoms with Crippen molar-refractivity contribution in [3.8, 4) is 0 Å². The Bertz CT molecular complexity index is 576. The molecule has 0 bridgehead atoms. The average molecular weight is 324 g/mol. The predicted molar refractivity (Wildman–Crippen MR) is 84.5 cm³/mol. The average Bonchev–Trinajstić information content (AvgIpc) is 2.73. The van der Waals surface area contributed by atoms with E-state index in [1.807, 2.05) is 6.92 Å². The second-order valence-electron chi connectivity index (χ2n) is 6.91. The highest BCUT2D eigenvalue weighted by molar-refractivity contribution is 5.88. The molecule has 0 aromatic heterocycles. The van der Waals surface area contributed by atoms with Gasteiger partial charge in [-0.05, 0) is 33.3 Å². The zero-order chi connectivity index (χ0) is 17.4. The maximum atomic E-state index is 12.1. The van der Waals surface area contributed by atoms with Gasteiger partial charge >= 0.3 is 12.1 Å². The molecule has 0 spiro atoms. The van der Waals surface area contributed by atoms with E-state index in [2.05, 4.69) is 10.3 Å². The molecule has 1 aliphatic heterocycles. The van der Waals surface area contributed by atoms with E-state index in [0.29, 0.717) is 12.3 Å². The summed E-state index contributed by atoms with van der Waals surface area (Å²) < 4.78 is 11.0. The van der Waals surface area contributed by atoms with Gasteiger partial charge in [-0.1, -0.05) is 6.92 Å². The van der Waals surface area contributed by atoms with E-state index in [1.54, 1.807) is 33.8 Å². The van der Waals surface area contributed by atoms with Crippen LogP contribution in [0.4, 0.5) is 4.79 Å². The number of carboxylic acids is 1. The summed E-state index contributed by atoms with van der Waals surface area (Å²) in [6.07, 6.45) is 1.31. The van der Waals surface area contributed by atoms with Crippen LogP contribution in [0.1, 0.15) is 47.5 Å². The minimum Gasteiger partial charge on any atom is -0.478 e. The molecular formula is C16H24N2O5. The maximum Gasteiger partial charge on any atom is 0.407 e. The smallest absolute Gasteiger partial charge is 0.407 e. The van der Waals surface area contributed by atoms with Crippen molar-refractivity contribution < 1.29 is 24.2 Å². The highest BCUT2D eigenvalue weighted by Gasteiger charge is 2.53. The SMILES string of the molecule is CC[C@]12N=C(C)O[C@H]1C=C(C(=O)O)C[C@@H]2NC(=O)OC(C)(C)C. The van der Waals surface area contributed by atoms with Crippen molar-refractivity contribution in [1.29, 1.82) is 0 Å². The fourth-order valence-corrected chi connectivity index (χ4v) is 3.08. The summed E-state index contributed by atoms with van der Waals surface area (Å²) in [4.78, 5) is 28.1. The Morgan fingerprint density at radius 1 is 1.52 bits per heavy atom. The van der Waals surface area contributed by atoms with Gasteiger partial charge in [0.1, 0.15) is 17.2 Å². The molecule has 0 aromatic rings. The number of hydrogen-bond acceptors (Lipinski definition) is 5. The number of hydrogen-bond donors (Lipinski definition) is 2. The summed E-state index contributed by atoms with van der Waals surface area (Å²) in [5, 5.41) is 12.1. The fraction of sp³-hybridized carbons (Fsp3) is 0.688. The minimum atomic E-state index is -1.01. The quantitative estimate of drug-likeness (QED) is 0.830. The van der Waals surface area contributed by atoms with Crippen LogP contribution < -0.4 is 5.32 Å². The molecular weight excluding hydrogens is 300 g/mol. The standard InChI is InChI=1S/C16H24N2O5/c1-6-16-11(17-14(21)23-15(3,4)5)7-10(13(19)20)8-12(16)22-9(2)18-16/h8,11-12H,6-7H2,1-5H3,(H,17,21)(H,19,20)/t11-,12-,16+/m0/s1. The molecule has 1 aliphatic carbocycles. The van der Waals surface area contributed by atoms with Gasteiger partial charge in [0.25, 0.3) is 0 Å². The number of carbonyl (C=O) groups is 2. The third-order valence-electron chi connectivity index (χ3n) is 4.07. The van der Waals surface area contributed by atoms with Crippen LogP contribution in [0.15, 0.2) is 16.6 Å². The molecule has 0 aromatic carbocycles. The Morgan fingerprint density at radius 3 is 2.70 bits per heavy atom. The molecule has 2 rings (SSSR count). The predicted octanol–water partition coefficient (Wildman–Crippen LogP) is 2.26. The molecule has 2 N–H and O–H groups in total. The molecule has 23 heavy (non-hydrogen) atoms. The first kappa shape index (κ1) is 17.3. The number of alkyl carbamates (subject to hydrolysis) is 1. The molecule has 0 saturated heterocycles. The van der Waals surface area contributed by atoms with Crippen LogP contribution in [-0.2, 0) is 14.3 Å². The second-order valence-corrected chi connectivity index (χ2v) is 6.91. The third-order valence-corrected chi connectivity index (χ3v) is 4.07. The van der Waals surface area contributed by atoms with Crippen molar-refractivity contribution in [1.82, 2.24) is 5.32 Å². The lowest BCUT2D eigenvalue weighted by atomic mass is 9.75. The van der Waals surface area contributed by atoms with E-state index in [4.69, 9.17) is 9.47 Å². The molecule has 2 aliphatic rings. The Kier molecular flexibility index (Phi) is 4.41. The zero-order valence-corrected chi connectivity index (χ0v) is 14.2. The van der Waals surface area contributed by atoms with Crippen LogP contribution in [-0.4, -0.2) is 46.4 Å². The van der Waals surface area contributed by atoms with Crippen molar-refractivity contribution in [2.24, 2.45) is 4.99 Å². The summed E-state index contributed by atoms with van der Waals surface area (Å²) >= 11 is 0. The van der Waals surface area contributed by atoms with Gasteiger partial charge in [0.05, 0.1) is 6.04 Å². The lowest BCUT2D eigenvalue weighted by molar-refractivity contribution is -0.133. The molecule has 1 amide bonds. The van der Waals surface area contributed by atoms with Gasteiger partial charge in [-0.25, -0.2) is 14.6 Å². The van der Waals surface area contributed by atoms with Crippen LogP contribution in [0.25, 0.3) is 0 Å². The molecule has 0 unspecified atom stereocenters. The van der Waals surface area contributed by atoms with Crippen LogP contribution in [0, 0.1) is 0 Å². The highest BCUT2D eigenvalue weighted by Crippen LogP contribution is 2.40. The Balaban J connectivity index is 2.30. The van der Waals surface area contributed by atoms with E-state index in [0.717, 1.165) is 0 Å². The van der Waals surface area contributed by atoms with E-state index in [-0.39, 0.29) is 12.0 Å². The van der Waals surface area contributed by atoms with Gasteiger partial charge in [-0.15, -0.1) is 0 Å². The summed E-state index contributed by atoms with van der Waals surface area (Å²) in [5.41, 5.74) is -1.11. The monoisotopic (exact) mass is 324 g/mol. The number of aliphatic imine (C=N–C) groups is 1. The van der Waals surface area contributed by atoms with Crippen LogP contribution >= 0.6 is 0 Å². The molecule has 7 nitrogen and oxygen atoms in total. The minimum absolute atomic E-state index is 0.180. The van der Waals surface area contributed by atoms with Gasteiger partial charge in [-0.2, -0.15) is 0 Å². The van der Waals surface area contributed by atoms with Crippen LogP contribution in [0.5, 0.6) is 0 Å². The second kappa shape index (κ2) is 5.86. The number of ether oxygens (including phenoxy) is 2. The normalized spacial score (nSPS) is 29.8. The van der Waals surface area contributed by atoms with Gasteiger partial charge < -0.3 is 19.9 Å².